The predicted octanol–water partition coefficient (Wildman–Crippen LogP) is 1.86. The monoisotopic (exact) mass is 187 g/mol. The SMILES string of the molecule is CC(CCC(C)(C)C)C(N)C(=O)O. The minimum absolute atomic E-state index is 0.0525. The van der Waals surface area contributed by atoms with E-state index >= 15 is 0 Å². The van der Waals surface area contributed by atoms with Crippen molar-refractivity contribution in [2.45, 2.75) is 46.6 Å². The fraction of sp³-hybridized carbons (Fsp3) is 0.900. The molecule has 0 heterocycles. The summed E-state index contributed by atoms with van der Waals surface area (Å²) in [5.41, 5.74) is 5.75. The molecule has 0 radical (unpaired) electrons. The molecule has 0 amide bonds. The van der Waals surface area contributed by atoms with Crippen LogP contribution in [0.3, 0.4) is 0 Å². The molecule has 0 aromatic rings. The Balaban J connectivity index is 3.88. The van der Waals surface area contributed by atoms with Gasteiger partial charge in [0.15, 0.2) is 0 Å². The lowest BCUT2D eigenvalue weighted by molar-refractivity contribution is -0.139. The molecule has 0 bridgehead atoms. The summed E-state index contributed by atoms with van der Waals surface area (Å²) in [5.74, 6) is -0.849. The van der Waals surface area contributed by atoms with Crippen LogP contribution >= 0.6 is 0 Å². The number of nitrogens with two attached hydrogens (primary N) is 1. The molecule has 0 aromatic carbocycles. The van der Waals surface area contributed by atoms with Gasteiger partial charge in [-0.25, -0.2) is 0 Å². The van der Waals surface area contributed by atoms with Crippen LogP contribution in [0.25, 0.3) is 0 Å². The van der Waals surface area contributed by atoms with Gasteiger partial charge in [0.1, 0.15) is 6.04 Å². The Morgan fingerprint density at radius 3 is 2.23 bits per heavy atom. The van der Waals surface area contributed by atoms with Crippen molar-refractivity contribution >= 4 is 5.97 Å². The van der Waals surface area contributed by atoms with Gasteiger partial charge in [0.05, 0.1) is 0 Å². The highest BCUT2D eigenvalue weighted by Crippen LogP contribution is 2.24. The van der Waals surface area contributed by atoms with E-state index in [2.05, 4.69) is 20.8 Å². The van der Waals surface area contributed by atoms with Crippen LogP contribution in [0.4, 0.5) is 0 Å². The third kappa shape index (κ3) is 5.64. The average Bonchev–Trinajstić information content (AvgIpc) is 1.97. The summed E-state index contributed by atoms with van der Waals surface area (Å²) >= 11 is 0. The van der Waals surface area contributed by atoms with Gasteiger partial charge in [0.25, 0.3) is 0 Å². The molecule has 0 saturated heterocycles. The lowest BCUT2D eigenvalue weighted by atomic mass is 9.85. The summed E-state index contributed by atoms with van der Waals surface area (Å²) in [4.78, 5) is 10.5. The van der Waals surface area contributed by atoms with E-state index in [9.17, 15) is 4.79 Å². The highest BCUT2D eigenvalue weighted by Gasteiger charge is 2.21. The molecule has 2 unspecified atom stereocenters. The molecule has 3 N–H and O–H groups in total. The Bertz CT molecular complexity index is 172. The number of hydrogen-bond acceptors (Lipinski definition) is 2. The van der Waals surface area contributed by atoms with Gasteiger partial charge in [-0.3, -0.25) is 4.79 Å². The number of hydrogen-bond donors (Lipinski definition) is 2. The molecule has 0 rings (SSSR count). The molecular formula is C10H21NO2. The van der Waals surface area contributed by atoms with Crippen molar-refractivity contribution in [1.82, 2.24) is 0 Å². The molecule has 3 heteroatoms. The zero-order valence-corrected chi connectivity index (χ0v) is 9.00. The Morgan fingerprint density at radius 2 is 1.92 bits per heavy atom. The van der Waals surface area contributed by atoms with Crippen LogP contribution in [0.1, 0.15) is 40.5 Å². The Kier molecular flexibility index (Phi) is 4.40. The minimum atomic E-state index is -0.901. The van der Waals surface area contributed by atoms with Gasteiger partial charge in [-0.05, 0) is 24.2 Å². The third-order valence-electron chi connectivity index (χ3n) is 2.25. The van der Waals surface area contributed by atoms with E-state index in [1.165, 1.54) is 0 Å². The molecule has 2 atom stereocenters. The summed E-state index contributed by atoms with van der Waals surface area (Å²) in [7, 11) is 0. The molecule has 0 aromatic heterocycles. The number of rotatable bonds is 4. The molecule has 0 aliphatic carbocycles. The average molecular weight is 187 g/mol. The third-order valence-corrected chi connectivity index (χ3v) is 2.25. The number of carboxylic acids is 1. The maximum atomic E-state index is 10.5. The molecule has 0 aliphatic heterocycles. The Labute approximate surface area is 80.3 Å². The summed E-state index contributed by atoms with van der Waals surface area (Å²) in [6, 6.07) is -0.720. The van der Waals surface area contributed by atoms with E-state index < -0.39 is 12.0 Å². The van der Waals surface area contributed by atoms with Crippen molar-refractivity contribution in [3.8, 4) is 0 Å². The fourth-order valence-corrected chi connectivity index (χ4v) is 1.08. The molecule has 0 aliphatic rings. The van der Waals surface area contributed by atoms with Crippen LogP contribution in [-0.4, -0.2) is 17.1 Å². The van der Waals surface area contributed by atoms with Crippen LogP contribution in [0.2, 0.25) is 0 Å². The van der Waals surface area contributed by atoms with Crippen molar-refractivity contribution in [3.63, 3.8) is 0 Å². The second kappa shape index (κ2) is 4.61. The molecule has 13 heavy (non-hydrogen) atoms. The number of carbonyl (C=O) groups is 1. The van der Waals surface area contributed by atoms with Crippen LogP contribution in [0.5, 0.6) is 0 Å². The number of carboxylic acid groups (broad SMARTS) is 1. The molecule has 78 valence electrons. The van der Waals surface area contributed by atoms with Crippen molar-refractivity contribution in [2.24, 2.45) is 17.1 Å². The van der Waals surface area contributed by atoms with Crippen molar-refractivity contribution < 1.29 is 9.90 Å². The predicted molar refractivity (Wildman–Crippen MR) is 53.5 cm³/mol. The minimum Gasteiger partial charge on any atom is -0.480 e. The largest absolute Gasteiger partial charge is 0.480 e. The van der Waals surface area contributed by atoms with Gasteiger partial charge < -0.3 is 10.8 Å². The standard InChI is InChI=1S/C10H21NO2/c1-7(8(11)9(12)13)5-6-10(2,3)4/h7-8H,5-6,11H2,1-4H3,(H,12,13). The van der Waals surface area contributed by atoms with Crippen LogP contribution in [-0.2, 0) is 4.79 Å². The van der Waals surface area contributed by atoms with Crippen LogP contribution in [0, 0.1) is 11.3 Å². The Hall–Kier alpha value is -0.570. The maximum absolute atomic E-state index is 10.5. The van der Waals surface area contributed by atoms with E-state index in [0.717, 1.165) is 12.8 Å². The van der Waals surface area contributed by atoms with Gasteiger partial charge in [-0.1, -0.05) is 27.7 Å². The van der Waals surface area contributed by atoms with E-state index in [-0.39, 0.29) is 11.3 Å². The van der Waals surface area contributed by atoms with E-state index in [1.54, 1.807) is 0 Å². The molecule has 0 fully saturated rings. The first-order chi connectivity index (χ1) is 5.74. The fourth-order valence-electron chi connectivity index (χ4n) is 1.08. The summed E-state index contributed by atoms with van der Waals surface area (Å²) in [6.07, 6.45) is 1.88. The highest BCUT2D eigenvalue weighted by atomic mass is 16.4. The first kappa shape index (κ1) is 12.4. The van der Waals surface area contributed by atoms with E-state index in [0.29, 0.717) is 0 Å². The van der Waals surface area contributed by atoms with E-state index in [4.69, 9.17) is 10.8 Å². The Morgan fingerprint density at radius 1 is 1.46 bits per heavy atom. The lowest BCUT2D eigenvalue weighted by Gasteiger charge is -2.22. The normalized spacial score (nSPS) is 16.7. The molecule has 0 saturated carbocycles. The topological polar surface area (TPSA) is 63.3 Å². The van der Waals surface area contributed by atoms with Gasteiger partial charge in [-0.2, -0.15) is 0 Å². The first-order valence-corrected chi connectivity index (χ1v) is 4.72. The van der Waals surface area contributed by atoms with Crippen molar-refractivity contribution in [2.75, 3.05) is 0 Å². The summed E-state index contributed by atoms with van der Waals surface area (Å²) < 4.78 is 0. The van der Waals surface area contributed by atoms with Crippen molar-refractivity contribution in [3.05, 3.63) is 0 Å². The van der Waals surface area contributed by atoms with Crippen molar-refractivity contribution in [1.29, 1.82) is 0 Å². The summed E-state index contributed by atoms with van der Waals surface area (Å²) in [6.45, 7) is 8.33. The van der Waals surface area contributed by atoms with E-state index in [1.807, 2.05) is 6.92 Å². The second-order valence-corrected chi connectivity index (χ2v) is 4.94. The summed E-state index contributed by atoms with van der Waals surface area (Å²) in [5, 5.41) is 8.66. The zero-order chi connectivity index (χ0) is 10.6. The van der Waals surface area contributed by atoms with Crippen LogP contribution in [0.15, 0.2) is 0 Å². The zero-order valence-electron chi connectivity index (χ0n) is 9.00. The first-order valence-electron chi connectivity index (χ1n) is 4.72. The lowest BCUT2D eigenvalue weighted by Crippen LogP contribution is -2.36. The highest BCUT2D eigenvalue weighted by molar-refractivity contribution is 5.73. The smallest absolute Gasteiger partial charge is 0.320 e. The maximum Gasteiger partial charge on any atom is 0.320 e. The number of aliphatic carboxylic acids is 1. The van der Waals surface area contributed by atoms with Gasteiger partial charge >= 0.3 is 5.97 Å². The van der Waals surface area contributed by atoms with Gasteiger partial charge in [0, 0.05) is 0 Å². The quantitative estimate of drug-likeness (QED) is 0.706. The molecule has 0 spiro atoms. The van der Waals surface area contributed by atoms with Gasteiger partial charge in [-0.15, -0.1) is 0 Å². The molecule has 3 nitrogen and oxygen atoms in total. The second-order valence-electron chi connectivity index (χ2n) is 4.94. The van der Waals surface area contributed by atoms with Gasteiger partial charge in [0.2, 0.25) is 0 Å². The molecular weight excluding hydrogens is 166 g/mol. The van der Waals surface area contributed by atoms with Crippen LogP contribution < -0.4 is 5.73 Å².